The summed E-state index contributed by atoms with van der Waals surface area (Å²) in [6.45, 7) is 2.71. The highest BCUT2D eigenvalue weighted by molar-refractivity contribution is 6.09. The van der Waals surface area contributed by atoms with Gasteiger partial charge in [0, 0.05) is 24.3 Å². The van der Waals surface area contributed by atoms with E-state index in [1.807, 2.05) is 54.3 Å². The number of amides is 2. The van der Waals surface area contributed by atoms with E-state index in [1.54, 1.807) is 4.90 Å². The van der Waals surface area contributed by atoms with Gasteiger partial charge in [0.1, 0.15) is 6.04 Å². The average molecular weight is 320 g/mol. The van der Waals surface area contributed by atoms with E-state index in [2.05, 4.69) is 6.07 Å². The molecule has 4 rings (SSSR count). The lowest BCUT2D eigenvalue weighted by Crippen LogP contribution is -2.46. The Labute approximate surface area is 141 Å². The number of carbonyl (C=O) groups excluding carboxylic acids is 2. The first kappa shape index (κ1) is 14.9. The third-order valence-corrected chi connectivity index (χ3v) is 4.96. The molecule has 2 amide bonds. The summed E-state index contributed by atoms with van der Waals surface area (Å²) in [5.74, 6) is 0.0658. The van der Waals surface area contributed by atoms with E-state index in [4.69, 9.17) is 0 Å². The van der Waals surface area contributed by atoms with Crippen LogP contribution in [-0.4, -0.2) is 24.4 Å². The van der Waals surface area contributed by atoms with Crippen molar-refractivity contribution in [3.63, 3.8) is 0 Å². The summed E-state index contributed by atoms with van der Waals surface area (Å²) in [4.78, 5) is 29.1. The molecule has 2 aromatic rings. The standard InChI is InChI=1S/C20H20N2O2/c1-14-6-8-16(9-7-14)22-18(10-11-19(22)23)20(24)21-13-12-15-4-2-3-5-17(15)21/h2-9,18H,10-13H2,1H3. The van der Waals surface area contributed by atoms with Gasteiger partial charge >= 0.3 is 0 Å². The molecule has 122 valence electrons. The number of aryl methyl sites for hydroxylation is 1. The molecule has 0 saturated carbocycles. The van der Waals surface area contributed by atoms with E-state index < -0.39 is 6.04 Å². The minimum absolute atomic E-state index is 0.0321. The topological polar surface area (TPSA) is 40.6 Å². The molecule has 0 aromatic heterocycles. The molecule has 0 N–H and O–H groups in total. The second-order valence-electron chi connectivity index (χ2n) is 6.52. The smallest absolute Gasteiger partial charge is 0.250 e. The number of para-hydroxylation sites is 1. The fourth-order valence-corrected chi connectivity index (χ4v) is 3.69. The summed E-state index contributed by atoms with van der Waals surface area (Å²) in [5.41, 5.74) is 4.15. The molecule has 2 heterocycles. The van der Waals surface area contributed by atoms with Crippen LogP contribution in [0.3, 0.4) is 0 Å². The molecule has 1 unspecified atom stereocenters. The molecular weight excluding hydrogens is 300 g/mol. The second kappa shape index (κ2) is 5.78. The molecule has 1 saturated heterocycles. The summed E-state index contributed by atoms with van der Waals surface area (Å²) in [6.07, 6.45) is 1.90. The number of benzene rings is 2. The first-order valence-electron chi connectivity index (χ1n) is 8.43. The van der Waals surface area contributed by atoms with E-state index in [0.717, 1.165) is 23.4 Å². The van der Waals surface area contributed by atoms with Crippen molar-refractivity contribution in [2.45, 2.75) is 32.2 Å². The van der Waals surface area contributed by atoms with Crippen LogP contribution in [0.4, 0.5) is 11.4 Å². The zero-order valence-electron chi connectivity index (χ0n) is 13.7. The van der Waals surface area contributed by atoms with Gasteiger partial charge in [0.25, 0.3) is 0 Å². The zero-order valence-corrected chi connectivity index (χ0v) is 13.7. The lowest BCUT2D eigenvalue weighted by molar-refractivity contribution is -0.122. The predicted octanol–water partition coefficient (Wildman–Crippen LogP) is 3.08. The minimum atomic E-state index is -0.397. The monoisotopic (exact) mass is 320 g/mol. The van der Waals surface area contributed by atoms with Gasteiger partial charge in [-0.15, -0.1) is 0 Å². The van der Waals surface area contributed by atoms with Crippen LogP contribution in [0.5, 0.6) is 0 Å². The lowest BCUT2D eigenvalue weighted by atomic mass is 10.1. The molecule has 1 fully saturated rings. The fraction of sp³-hybridized carbons (Fsp3) is 0.300. The van der Waals surface area contributed by atoms with Gasteiger partial charge in [-0.25, -0.2) is 0 Å². The van der Waals surface area contributed by atoms with Crippen LogP contribution < -0.4 is 9.80 Å². The number of anilines is 2. The molecule has 0 radical (unpaired) electrons. The van der Waals surface area contributed by atoms with Crippen LogP contribution in [0, 0.1) is 6.92 Å². The van der Waals surface area contributed by atoms with Crippen molar-refractivity contribution < 1.29 is 9.59 Å². The van der Waals surface area contributed by atoms with Crippen LogP contribution in [-0.2, 0) is 16.0 Å². The van der Waals surface area contributed by atoms with E-state index >= 15 is 0 Å². The molecule has 1 atom stereocenters. The largest absolute Gasteiger partial charge is 0.310 e. The summed E-state index contributed by atoms with van der Waals surface area (Å²) in [7, 11) is 0. The van der Waals surface area contributed by atoms with E-state index in [1.165, 1.54) is 5.56 Å². The van der Waals surface area contributed by atoms with Crippen LogP contribution >= 0.6 is 0 Å². The first-order valence-corrected chi connectivity index (χ1v) is 8.43. The van der Waals surface area contributed by atoms with Crippen molar-refractivity contribution in [1.29, 1.82) is 0 Å². The highest BCUT2D eigenvalue weighted by atomic mass is 16.2. The molecule has 2 aliphatic heterocycles. The number of hydrogen-bond acceptors (Lipinski definition) is 2. The Kier molecular flexibility index (Phi) is 3.60. The summed E-state index contributed by atoms with van der Waals surface area (Å²) in [5, 5.41) is 0. The van der Waals surface area contributed by atoms with Gasteiger partial charge in [-0.3, -0.25) is 14.5 Å². The van der Waals surface area contributed by atoms with E-state index in [-0.39, 0.29) is 11.8 Å². The number of fused-ring (bicyclic) bond motifs is 1. The van der Waals surface area contributed by atoms with Gasteiger partial charge < -0.3 is 4.90 Å². The van der Waals surface area contributed by atoms with Crippen LogP contribution in [0.1, 0.15) is 24.0 Å². The Balaban J connectivity index is 1.64. The van der Waals surface area contributed by atoms with Crippen molar-refractivity contribution in [3.8, 4) is 0 Å². The first-order chi connectivity index (χ1) is 11.6. The second-order valence-corrected chi connectivity index (χ2v) is 6.52. The highest BCUT2D eigenvalue weighted by Crippen LogP contribution is 2.33. The SMILES string of the molecule is Cc1ccc(N2C(=O)CCC2C(=O)N2CCc3ccccc32)cc1. The van der Waals surface area contributed by atoms with Crippen LogP contribution in [0.2, 0.25) is 0 Å². The predicted molar refractivity (Wildman–Crippen MR) is 94.2 cm³/mol. The molecular formula is C20H20N2O2. The molecule has 4 nitrogen and oxygen atoms in total. The van der Waals surface area contributed by atoms with Crippen molar-refractivity contribution in [2.24, 2.45) is 0 Å². The van der Waals surface area contributed by atoms with Crippen molar-refractivity contribution in [1.82, 2.24) is 0 Å². The highest BCUT2D eigenvalue weighted by Gasteiger charge is 2.40. The molecule has 0 bridgehead atoms. The van der Waals surface area contributed by atoms with Gasteiger partial charge in [0.2, 0.25) is 11.8 Å². The van der Waals surface area contributed by atoms with E-state index in [0.29, 0.717) is 19.4 Å². The molecule has 0 spiro atoms. The third kappa shape index (κ3) is 2.39. The van der Waals surface area contributed by atoms with Gasteiger partial charge in [0.15, 0.2) is 0 Å². The number of carbonyl (C=O) groups is 2. The maximum absolute atomic E-state index is 13.1. The summed E-state index contributed by atoms with van der Waals surface area (Å²) < 4.78 is 0. The van der Waals surface area contributed by atoms with Gasteiger partial charge in [-0.2, -0.15) is 0 Å². The Morgan fingerprint density at radius 1 is 1.04 bits per heavy atom. The minimum Gasteiger partial charge on any atom is -0.310 e. The number of rotatable bonds is 2. The normalized spacial score (nSPS) is 19.7. The molecule has 24 heavy (non-hydrogen) atoms. The zero-order chi connectivity index (χ0) is 16.7. The fourth-order valence-electron chi connectivity index (χ4n) is 3.69. The van der Waals surface area contributed by atoms with Gasteiger partial charge in [0.05, 0.1) is 0 Å². The maximum atomic E-state index is 13.1. The van der Waals surface area contributed by atoms with Gasteiger partial charge in [-0.1, -0.05) is 35.9 Å². The van der Waals surface area contributed by atoms with Crippen molar-refractivity contribution in [3.05, 3.63) is 59.7 Å². The quantitative estimate of drug-likeness (QED) is 0.853. The molecule has 2 aliphatic rings. The Hall–Kier alpha value is -2.62. The lowest BCUT2D eigenvalue weighted by Gasteiger charge is -2.28. The summed E-state index contributed by atoms with van der Waals surface area (Å²) in [6, 6.07) is 15.4. The van der Waals surface area contributed by atoms with Gasteiger partial charge in [-0.05, 0) is 43.5 Å². The number of hydrogen-bond donors (Lipinski definition) is 0. The Bertz CT molecular complexity index is 798. The maximum Gasteiger partial charge on any atom is 0.250 e. The molecule has 4 heteroatoms. The van der Waals surface area contributed by atoms with Crippen LogP contribution in [0.25, 0.3) is 0 Å². The Morgan fingerprint density at radius 3 is 2.58 bits per heavy atom. The Morgan fingerprint density at radius 2 is 1.79 bits per heavy atom. The van der Waals surface area contributed by atoms with Crippen molar-refractivity contribution >= 4 is 23.2 Å². The van der Waals surface area contributed by atoms with E-state index in [9.17, 15) is 9.59 Å². The molecule has 2 aromatic carbocycles. The van der Waals surface area contributed by atoms with Crippen molar-refractivity contribution in [2.75, 3.05) is 16.3 Å². The summed E-state index contributed by atoms with van der Waals surface area (Å²) >= 11 is 0. The average Bonchev–Trinajstić information content (AvgIpc) is 3.19. The number of nitrogens with zero attached hydrogens (tertiary/aromatic N) is 2. The third-order valence-electron chi connectivity index (χ3n) is 4.96. The molecule has 0 aliphatic carbocycles. The van der Waals surface area contributed by atoms with Crippen LogP contribution in [0.15, 0.2) is 48.5 Å².